The average Bonchev–Trinajstić information content (AvgIpc) is 2.12. The molecule has 0 amide bonds. The van der Waals surface area contributed by atoms with Crippen molar-refractivity contribution in [2.75, 3.05) is 0 Å². The Balaban J connectivity index is 0. The third-order valence-corrected chi connectivity index (χ3v) is 0.921. The Morgan fingerprint density at radius 3 is 1.06 bits per heavy atom. The Morgan fingerprint density at radius 1 is 0.688 bits per heavy atom. The quantitative estimate of drug-likeness (QED) is 0.471. The van der Waals surface area contributed by atoms with E-state index in [1.807, 2.05) is 0 Å². The van der Waals surface area contributed by atoms with E-state index < -0.39 is 23.9 Å². The van der Waals surface area contributed by atoms with Crippen LogP contribution in [-0.4, -0.2) is 44.3 Å². The van der Waals surface area contributed by atoms with Gasteiger partial charge in [-0.15, -0.1) is 0 Å². The van der Waals surface area contributed by atoms with E-state index in [-0.39, 0.29) is 12.8 Å². The Bertz CT molecular complexity index is 273. The summed E-state index contributed by atoms with van der Waals surface area (Å²) in [5.74, 6) is -4.67. The lowest BCUT2D eigenvalue weighted by molar-refractivity contribution is -0.143. The smallest absolute Gasteiger partial charge is 0.328 e. The van der Waals surface area contributed by atoms with Crippen LogP contribution >= 0.6 is 0 Å². The van der Waals surface area contributed by atoms with Crippen LogP contribution in [0, 0.1) is 0 Å². The molecule has 0 heterocycles. The highest BCUT2D eigenvalue weighted by Crippen LogP contribution is 1.86. The maximum atomic E-state index is 9.64. The van der Waals surface area contributed by atoms with Gasteiger partial charge in [0, 0.05) is 12.2 Å². The van der Waals surface area contributed by atoms with E-state index in [0.717, 1.165) is 0 Å². The lowest BCUT2D eigenvalue weighted by Crippen LogP contribution is -2.00. The molecule has 0 aliphatic carbocycles. The summed E-state index contributed by atoms with van der Waals surface area (Å²) in [6.07, 6.45) is 0.523. The lowest BCUT2D eigenvalue weighted by Gasteiger charge is -1.85. The normalized spacial score (nSPS) is 9.00. The average molecular weight is 234 g/mol. The van der Waals surface area contributed by atoms with Crippen molar-refractivity contribution in [3.05, 3.63) is 12.2 Å². The van der Waals surface area contributed by atoms with Crippen molar-refractivity contribution in [1.29, 1.82) is 0 Å². The van der Waals surface area contributed by atoms with Crippen LogP contribution in [0.2, 0.25) is 0 Å². The minimum atomic E-state index is -1.26. The van der Waals surface area contributed by atoms with E-state index >= 15 is 0 Å². The summed E-state index contributed by atoms with van der Waals surface area (Å²) in [6.45, 7) is 0. The Hall–Kier alpha value is -2.38. The van der Waals surface area contributed by atoms with E-state index in [0.29, 0.717) is 12.2 Å². The van der Waals surface area contributed by atoms with Crippen LogP contribution in [0.25, 0.3) is 0 Å². The van der Waals surface area contributed by atoms with Gasteiger partial charge in [-0.3, -0.25) is 9.59 Å². The first kappa shape index (κ1) is 16.1. The van der Waals surface area contributed by atoms with Crippen molar-refractivity contribution in [2.45, 2.75) is 12.8 Å². The minimum absolute atomic E-state index is 0.296. The predicted molar refractivity (Wildman–Crippen MR) is 48.9 cm³/mol. The summed E-state index contributed by atoms with van der Waals surface area (Å²) in [4.78, 5) is 38.4. The van der Waals surface area contributed by atoms with E-state index in [2.05, 4.69) is 0 Å². The number of carboxylic acids is 4. The van der Waals surface area contributed by atoms with Crippen LogP contribution in [0.3, 0.4) is 0 Å². The molecule has 4 N–H and O–H groups in total. The second-order valence-corrected chi connectivity index (χ2v) is 2.30. The second kappa shape index (κ2) is 9.19. The second-order valence-electron chi connectivity index (χ2n) is 2.30. The molecule has 0 aromatic carbocycles. The van der Waals surface area contributed by atoms with Crippen molar-refractivity contribution >= 4 is 23.9 Å². The Morgan fingerprint density at radius 2 is 0.938 bits per heavy atom. The number of carbonyl (C=O) groups is 4. The van der Waals surface area contributed by atoms with Crippen molar-refractivity contribution < 1.29 is 39.6 Å². The zero-order valence-electron chi connectivity index (χ0n) is 7.99. The zero-order valence-corrected chi connectivity index (χ0v) is 7.99. The monoisotopic (exact) mass is 234 g/mol. The molecular weight excluding hydrogens is 224 g/mol. The van der Waals surface area contributed by atoms with E-state index in [4.69, 9.17) is 20.4 Å². The molecule has 0 aromatic heterocycles. The summed E-state index contributed by atoms with van der Waals surface area (Å²) in [6, 6.07) is 0. The van der Waals surface area contributed by atoms with Crippen LogP contribution in [0.15, 0.2) is 12.2 Å². The van der Waals surface area contributed by atoms with Gasteiger partial charge in [-0.05, 0) is 0 Å². The topological polar surface area (TPSA) is 149 Å². The van der Waals surface area contributed by atoms with Crippen LogP contribution in [0.5, 0.6) is 0 Å². The van der Waals surface area contributed by atoms with Gasteiger partial charge < -0.3 is 20.4 Å². The van der Waals surface area contributed by atoms with Gasteiger partial charge in [0.25, 0.3) is 0 Å². The Kier molecular flexibility index (Phi) is 9.22. The van der Waals surface area contributed by atoms with Crippen molar-refractivity contribution in [2.24, 2.45) is 0 Å². The summed E-state index contributed by atoms with van der Waals surface area (Å²) in [7, 11) is 0. The maximum Gasteiger partial charge on any atom is 0.328 e. The zero-order chi connectivity index (χ0) is 13.1. The minimum Gasteiger partial charge on any atom is -0.481 e. The van der Waals surface area contributed by atoms with E-state index in [1.54, 1.807) is 0 Å². The standard InChI is InChI=1S/C4H6O4.C4H4O4/c2*5-3(6)1-2-4(7)8/h1-2H2,(H,5,6)(H,7,8);1-2H,(H,5,6)(H,7,8). The van der Waals surface area contributed by atoms with Crippen LogP contribution in [-0.2, 0) is 19.2 Å². The SMILES string of the molecule is O=C(O)C=CC(=O)O.O=C(O)CCC(=O)O. The summed E-state index contributed by atoms with van der Waals surface area (Å²) >= 11 is 0. The van der Waals surface area contributed by atoms with Crippen molar-refractivity contribution in [3.8, 4) is 0 Å². The molecule has 0 saturated heterocycles. The number of carboxylic acid groups (broad SMARTS) is 4. The number of hydrogen-bond acceptors (Lipinski definition) is 4. The number of rotatable bonds is 5. The van der Waals surface area contributed by atoms with Gasteiger partial charge in [0.1, 0.15) is 0 Å². The first-order chi connectivity index (χ1) is 7.25. The fourth-order valence-corrected chi connectivity index (χ4v) is 0.356. The van der Waals surface area contributed by atoms with E-state index in [9.17, 15) is 19.2 Å². The number of aliphatic carboxylic acids is 4. The largest absolute Gasteiger partial charge is 0.481 e. The fourth-order valence-electron chi connectivity index (χ4n) is 0.356. The summed E-state index contributed by atoms with van der Waals surface area (Å²) < 4.78 is 0. The molecule has 0 aliphatic heterocycles. The highest BCUT2D eigenvalue weighted by molar-refractivity contribution is 5.89. The molecule has 16 heavy (non-hydrogen) atoms. The molecule has 0 atom stereocenters. The van der Waals surface area contributed by atoms with Crippen LogP contribution in [0.1, 0.15) is 12.8 Å². The predicted octanol–water partition coefficient (Wildman–Crippen LogP) is -0.352. The molecule has 0 saturated carbocycles. The first-order valence-corrected chi connectivity index (χ1v) is 3.83. The van der Waals surface area contributed by atoms with E-state index in [1.165, 1.54) is 0 Å². The lowest BCUT2D eigenvalue weighted by atomic mass is 10.3. The molecule has 0 spiro atoms. The van der Waals surface area contributed by atoms with Gasteiger partial charge in [0.2, 0.25) is 0 Å². The molecule has 0 aromatic rings. The molecule has 0 aliphatic rings. The third-order valence-electron chi connectivity index (χ3n) is 0.921. The molecule has 90 valence electrons. The van der Waals surface area contributed by atoms with Gasteiger partial charge >= 0.3 is 23.9 Å². The summed E-state index contributed by atoms with van der Waals surface area (Å²) in [5, 5.41) is 31.4. The molecule has 8 nitrogen and oxygen atoms in total. The van der Waals surface area contributed by atoms with Crippen LogP contribution < -0.4 is 0 Å². The van der Waals surface area contributed by atoms with Crippen molar-refractivity contribution in [3.63, 3.8) is 0 Å². The highest BCUT2D eigenvalue weighted by Gasteiger charge is 2.00. The molecule has 0 unspecified atom stereocenters. The van der Waals surface area contributed by atoms with Gasteiger partial charge in [-0.25, -0.2) is 9.59 Å². The molecule has 8 heteroatoms. The highest BCUT2D eigenvalue weighted by atomic mass is 16.4. The number of hydrogen-bond donors (Lipinski definition) is 4. The molecule has 0 rings (SSSR count). The summed E-state index contributed by atoms with van der Waals surface area (Å²) in [5.41, 5.74) is 0. The van der Waals surface area contributed by atoms with Crippen LogP contribution in [0.4, 0.5) is 0 Å². The Labute approximate surface area is 89.4 Å². The van der Waals surface area contributed by atoms with Gasteiger partial charge in [0.05, 0.1) is 12.8 Å². The molecule has 0 radical (unpaired) electrons. The molecule has 0 bridgehead atoms. The van der Waals surface area contributed by atoms with Gasteiger partial charge in [-0.1, -0.05) is 0 Å². The van der Waals surface area contributed by atoms with Gasteiger partial charge in [0.15, 0.2) is 0 Å². The fraction of sp³-hybridized carbons (Fsp3) is 0.250. The first-order valence-electron chi connectivity index (χ1n) is 3.83. The molecular formula is C8H10O8. The third kappa shape index (κ3) is 22.6. The molecule has 0 fully saturated rings. The maximum absolute atomic E-state index is 9.64. The van der Waals surface area contributed by atoms with Gasteiger partial charge in [-0.2, -0.15) is 0 Å². The van der Waals surface area contributed by atoms with Crippen molar-refractivity contribution in [1.82, 2.24) is 0 Å².